The fourth-order valence-electron chi connectivity index (χ4n) is 3.25. The molecule has 1 amide bonds. The van der Waals surface area contributed by atoms with Gasteiger partial charge in [0, 0.05) is 30.4 Å². The van der Waals surface area contributed by atoms with Crippen molar-refractivity contribution in [2.45, 2.75) is 12.5 Å². The van der Waals surface area contributed by atoms with Crippen molar-refractivity contribution in [1.82, 2.24) is 19.9 Å². The Morgan fingerprint density at radius 3 is 2.78 bits per heavy atom. The Morgan fingerprint density at radius 2 is 2.07 bits per heavy atom. The van der Waals surface area contributed by atoms with Gasteiger partial charge in [-0.15, -0.1) is 0 Å². The Morgan fingerprint density at radius 1 is 1.22 bits per heavy atom. The van der Waals surface area contributed by atoms with E-state index in [1.54, 1.807) is 24.3 Å². The van der Waals surface area contributed by atoms with Crippen LogP contribution in [-0.4, -0.2) is 43.4 Å². The molecule has 136 valence electrons. The number of carbonyl (C=O) groups is 2. The fourth-order valence-corrected chi connectivity index (χ4v) is 3.25. The molecular weight excluding hydrogens is 351 g/mol. The quantitative estimate of drug-likeness (QED) is 0.742. The first-order chi connectivity index (χ1) is 13.0. The highest BCUT2D eigenvalue weighted by atomic mass is 19.1. The number of imidazole rings is 1. The third kappa shape index (κ3) is 3.05. The Hall–Kier alpha value is -3.55. The molecule has 1 atom stereocenters. The van der Waals surface area contributed by atoms with Gasteiger partial charge in [0.15, 0.2) is 6.04 Å². The van der Waals surface area contributed by atoms with Crippen LogP contribution in [0.1, 0.15) is 27.8 Å². The molecule has 0 radical (unpaired) electrons. The number of hydrogen-bond acceptors (Lipinski definition) is 4. The van der Waals surface area contributed by atoms with E-state index in [2.05, 4.69) is 15.0 Å². The average Bonchev–Trinajstić information content (AvgIpc) is 3.15. The summed E-state index contributed by atoms with van der Waals surface area (Å²) in [6.45, 7) is 0.261. The third-order valence-electron chi connectivity index (χ3n) is 4.55. The molecule has 0 aliphatic carbocycles. The molecular formula is C19H15FN4O3. The van der Waals surface area contributed by atoms with Crippen LogP contribution in [0.2, 0.25) is 0 Å². The van der Waals surface area contributed by atoms with E-state index in [0.717, 1.165) is 5.69 Å². The van der Waals surface area contributed by atoms with E-state index in [4.69, 9.17) is 0 Å². The molecule has 0 fully saturated rings. The smallest absolute Gasteiger partial charge is 0.332 e. The van der Waals surface area contributed by atoms with E-state index < -0.39 is 17.9 Å². The van der Waals surface area contributed by atoms with Crippen LogP contribution in [0.15, 0.2) is 48.9 Å². The minimum absolute atomic E-state index is 0.261. The zero-order valence-electron chi connectivity index (χ0n) is 14.1. The highest BCUT2D eigenvalue weighted by Crippen LogP contribution is 2.29. The van der Waals surface area contributed by atoms with E-state index >= 15 is 0 Å². The van der Waals surface area contributed by atoms with Crippen LogP contribution < -0.4 is 0 Å². The van der Waals surface area contributed by atoms with Gasteiger partial charge in [0.05, 0.1) is 23.3 Å². The number of nitrogens with zero attached hydrogens (tertiary/aromatic N) is 3. The van der Waals surface area contributed by atoms with Crippen molar-refractivity contribution in [1.29, 1.82) is 0 Å². The fraction of sp³-hybridized carbons (Fsp3) is 0.158. The van der Waals surface area contributed by atoms with Crippen LogP contribution in [0.3, 0.4) is 0 Å². The van der Waals surface area contributed by atoms with Crippen molar-refractivity contribution in [3.8, 4) is 11.3 Å². The molecule has 7 nitrogen and oxygen atoms in total. The Bertz CT molecular complexity index is 1020. The van der Waals surface area contributed by atoms with E-state index in [-0.39, 0.29) is 17.9 Å². The van der Waals surface area contributed by atoms with E-state index in [1.165, 1.54) is 29.6 Å². The van der Waals surface area contributed by atoms with Crippen molar-refractivity contribution in [3.63, 3.8) is 0 Å². The number of nitrogens with one attached hydrogen (secondary N) is 1. The molecule has 8 heteroatoms. The second kappa shape index (κ2) is 6.64. The van der Waals surface area contributed by atoms with Gasteiger partial charge in [-0.1, -0.05) is 12.1 Å². The molecule has 1 aromatic carbocycles. The van der Waals surface area contributed by atoms with Gasteiger partial charge in [0.25, 0.3) is 5.91 Å². The summed E-state index contributed by atoms with van der Waals surface area (Å²) in [6, 6.07) is 8.03. The summed E-state index contributed by atoms with van der Waals surface area (Å²) in [5, 5.41) is 9.59. The minimum atomic E-state index is -1.14. The van der Waals surface area contributed by atoms with E-state index in [1.807, 2.05) is 0 Å². The van der Waals surface area contributed by atoms with Crippen LogP contribution in [-0.2, 0) is 11.2 Å². The van der Waals surface area contributed by atoms with Crippen molar-refractivity contribution in [3.05, 3.63) is 71.7 Å². The number of aromatic amines is 1. The lowest BCUT2D eigenvalue weighted by Crippen LogP contribution is -2.43. The number of carboxylic acid groups (broad SMARTS) is 1. The molecule has 3 heterocycles. The van der Waals surface area contributed by atoms with Crippen LogP contribution >= 0.6 is 0 Å². The normalized spacial score (nSPS) is 16.0. The predicted octanol–water partition coefficient (Wildman–Crippen LogP) is 2.44. The Labute approximate surface area is 153 Å². The van der Waals surface area contributed by atoms with Gasteiger partial charge in [0.1, 0.15) is 5.82 Å². The number of fused-ring (bicyclic) bond motifs is 1. The van der Waals surface area contributed by atoms with Crippen LogP contribution in [0.4, 0.5) is 4.39 Å². The van der Waals surface area contributed by atoms with E-state index in [0.29, 0.717) is 23.4 Å². The predicted molar refractivity (Wildman–Crippen MR) is 93.3 cm³/mol. The molecule has 27 heavy (non-hydrogen) atoms. The molecule has 1 aliphatic rings. The first-order valence-electron chi connectivity index (χ1n) is 8.32. The first kappa shape index (κ1) is 16.9. The summed E-state index contributed by atoms with van der Waals surface area (Å²) in [7, 11) is 0. The van der Waals surface area contributed by atoms with Gasteiger partial charge in [-0.3, -0.25) is 9.78 Å². The molecule has 0 saturated carbocycles. The summed E-state index contributed by atoms with van der Waals surface area (Å²) in [6.07, 6.45) is 3.31. The zero-order valence-corrected chi connectivity index (χ0v) is 14.1. The molecule has 0 saturated heterocycles. The maximum Gasteiger partial charge on any atom is 0.332 e. The lowest BCUT2D eigenvalue weighted by atomic mass is 10.0. The van der Waals surface area contributed by atoms with Gasteiger partial charge in [0.2, 0.25) is 0 Å². The average molecular weight is 366 g/mol. The molecule has 0 bridgehead atoms. The molecule has 2 aromatic heterocycles. The number of halogens is 1. The topological polar surface area (TPSA) is 99.2 Å². The van der Waals surface area contributed by atoms with Crippen molar-refractivity contribution in [2.75, 3.05) is 6.54 Å². The lowest BCUT2D eigenvalue weighted by Gasteiger charge is -2.32. The molecule has 0 spiro atoms. The first-order valence-corrected chi connectivity index (χ1v) is 8.32. The summed E-state index contributed by atoms with van der Waals surface area (Å²) in [5.74, 6) is -1.95. The molecule has 3 aromatic rings. The third-order valence-corrected chi connectivity index (χ3v) is 4.55. The highest BCUT2D eigenvalue weighted by molar-refractivity contribution is 5.97. The second-order valence-corrected chi connectivity index (χ2v) is 6.20. The summed E-state index contributed by atoms with van der Waals surface area (Å²) in [5.41, 5.74) is 2.46. The largest absolute Gasteiger partial charge is 0.479 e. The standard InChI is InChI=1S/C19H15FN4O3/c20-13-3-1-2-11(8-13)14-5-4-12(9-21-14)18(25)24-7-6-15-16(23-10-22-15)17(24)19(26)27/h1-5,8-10,17H,6-7H2,(H,22,23)(H,26,27)/t17-/m1/s1. The number of benzene rings is 1. The van der Waals surface area contributed by atoms with Gasteiger partial charge < -0.3 is 15.0 Å². The second-order valence-electron chi connectivity index (χ2n) is 6.20. The molecule has 2 N–H and O–H groups in total. The molecule has 1 aliphatic heterocycles. The van der Waals surface area contributed by atoms with Crippen LogP contribution in [0.25, 0.3) is 11.3 Å². The molecule has 4 rings (SSSR count). The number of amides is 1. The van der Waals surface area contributed by atoms with Crippen LogP contribution in [0, 0.1) is 5.82 Å². The summed E-state index contributed by atoms with van der Waals surface area (Å²) >= 11 is 0. The minimum Gasteiger partial charge on any atom is -0.479 e. The Balaban J connectivity index is 1.62. The van der Waals surface area contributed by atoms with Gasteiger partial charge in [-0.05, 0) is 24.3 Å². The number of hydrogen-bond donors (Lipinski definition) is 2. The van der Waals surface area contributed by atoms with Gasteiger partial charge in [-0.25, -0.2) is 14.2 Å². The van der Waals surface area contributed by atoms with Crippen molar-refractivity contribution < 1.29 is 19.1 Å². The molecule has 0 unspecified atom stereocenters. The number of pyridine rings is 1. The van der Waals surface area contributed by atoms with Crippen LogP contribution in [0.5, 0.6) is 0 Å². The van der Waals surface area contributed by atoms with E-state index in [9.17, 15) is 19.1 Å². The van der Waals surface area contributed by atoms with Gasteiger partial charge >= 0.3 is 5.97 Å². The van der Waals surface area contributed by atoms with Crippen molar-refractivity contribution >= 4 is 11.9 Å². The number of H-pyrrole nitrogens is 1. The Kier molecular flexibility index (Phi) is 4.15. The SMILES string of the molecule is O=C(O)[C@H]1c2nc[nH]c2CCN1C(=O)c1ccc(-c2cccc(F)c2)nc1. The monoisotopic (exact) mass is 366 g/mol. The number of carbonyl (C=O) groups excluding carboxylic acids is 1. The number of aromatic nitrogens is 3. The maximum atomic E-state index is 13.4. The van der Waals surface area contributed by atoms with Gasteiger partial charge in [-0.2, -0.15) is 0 Å². The zero-order chi connectivity index (χ0) is 19.0. The highest BCUT2D eigenvalue weighted by Gasteiger charge is 2.38. The summed E-state index contributed by atoms with van der Waals surface area (Å²) in [4.78, 5) is 37.1. The van der Waals surface area contributed by atoms with Crippen molar-refractivity contribution in [2.24, 2.45) is 0 Å². The number of aliphatic carboxylic acids is 1. The number of rotatable bonds is 3. The summed E-state index contributed by atoms with van der Waals surface area (Å²) < 4.78 is 13.4. The number of carboxylic acids is 1. The maximum absolute atomic E-state index is 13.4. The lowest BCUT2D eigenvalue weighted by molar-refractivity contribution is -0.143.